The van der Waals surface area contributed by atoms with Gasteiger partial charge in [0, 0.05) is 5.94 Å². The zero-order chi connectivity index (χ0) is 12.4. The Morgan fingerprint density at radius 1 is 1.33 bits per heavy atom. The van der Waals surface area contributed by atoms with Crippen LogP contribution in [0.15, 0.2) is 0 Å². The summed E-state index contributed by atoms with van der Waals surface area (Å²) >= 11 is 0. The molecule has 0 amide bonds. The standard InChI is InChI=1S/C13H24BNO2.ClH/c1-5-11(15)14-16-10-7-8-6-9(12(8,2)3)13(10,4)17-14;/h8-11H,5-7,15H2,1-4H3;1H. The summed E-state index contributed by atoms with van der Waals surface area (Å²) in [5, 5.41) is 0. The van der Waals surface area contributed by atoms with Gasteiger partial charge in [-0.1, -0.05) is 20.8 Å². The monoisotopic (exact) mass is 273 g/mol. The van der Waals surface area contributed by atoms with Crippen LogP contribution in [0.4, 0.5) is 0 Å². The predicted molar refractivity (Wildman–Crippen MR) is 75.6 cm³/mol. The van der Waals surface area contributed by atoms with Crippen molar-refractivity contribution >= 4 is 19.5 Å². The van der Waals surface area contributed by atoms with E-state index in [4.69, 9.17) is 15.0 Å². The van der Waals surface area contributed by atoms with E-state index < -0.39 is 0 Å². The zero-order valence-electron chi connectivity index (χ0n) is 11.8. The SMILES string of the molecule is CCC(N)B1OC2CC3CC(C3(C)C)C2(C)O1.Cl. The van der Waals surface area contributed by atoms with Gasteiger partial charge in [0.25, 0.3) is 0 Å². The molecule has 5 atom stereocenters. The summed E-state index contributed by atoms with van der Waals surface area (Å²) in [6, 6.07) is 0. The van der Waals surface area contributed by atoms with Crippen molar-refractivity contribution in [2.75, 3.05) is 0 Å². The van der Waals surface area contributed by atoms with Crippen LogP contribution in [0.25, 0.3) is 0 Å². The second-order valence-corrected chi connectivity index (χ2v) is 6.91. The molecule has 0 radical (unpaired) electrons. The predicted octanol–water partition coefficient (Wildman–Crippen LogP) is 2.41. The van der Waals surface area contributed by atoms with E-state index >= 15 is 0 Å². The van der Waals surface area contributed by atoms with Gasteiger partial charge in [0.1, 0.15) is 0 Å². The van der Waals surface area contributed by atoms with Crippen LogP contribution in [0.5, 0.6) is 0 Å². The summed E-state index contributed by atoms with van der Waals surface area (Å²) in [6.07, 6.45) is 3.62. The number of halogens is 1. The van der Waals surface area contributed by atoms with Crippen LogP contribution in [-0.2, 0) is 9.31 Å². The molecule has 2 bridgehead atoms. The maximum atomic E-state index is 6.24. The fraction of sp³-hybridized carbons (Fsp3) is 1.00. The molecule has 0 aromatic heterocycles. The first-order chi connectivity index (χ1) is 7.89. The van der Waals surface area contributed by atoms with Gasteiger partial charge in [-0.05, 0) is 43.4 Å². The number of hydrogen-bond donors (Lipinski definition) is 1. The average molecular weight is 274 g/mol. The molecule has 3 saturated carbocycles. The molecule has 0 aromatic rings. The third-order valence-electron chi connectivity index (χ3n) is 5.79. The summed E-state index contributed by atoms with van der Waals surface area (Å²) in [4.78, 5) is 0. The normalized spacial score (nSPS) is 45.8. The molecule has 1 heterocycles. The minimum atomic E-state index is -0.190. The molecule has 3 aliphatic carbocycles. The van der Waals surface area contributed by atoms with Crippen LogP contribution in [0.2, 0.25) is 0 Å². The lowest BCUT2D eigenvalue weighted by atomic mass is 9.43. The molecule has 2 N–H and O–H groups in total. The van der Waals surface area contributed by atoms with Gasteiger partial charge < -0.3 is 15.0 Å². The van der Waals surface area contributed by atoms with Crippen molar-refractivity contribution in [2.24, 2.45) is 23.0 Å². The molecule has 4 fully saturated rings. The molecule has 1 aliphatic heterocycles. The van der Waals surface area contributed by atoms with Gasteiger partial charge in [-0.2, -0.15) is 0 Å². The third-order valence-corrected chi connectivity index (χ3v) is 5.79. The first-order valence-electron chi connectivity index (χ1n) is 6.98. The highest BCUT2D eigenvalue weighted by Gasteiger charge is 2.68. The van der Waals surface area contributed by atoms with E-state index in [0.29, 0.717) is 11.3 Å². The van der Waals surface area contributed by atoms with Gasteiger partial charge >= 0.3 is 7.12 Å². The van der Waals surface area contributed by atoms with Crippen LogP contribution < -0.4 is 5.73 Å². The maximum Gasteiger partial charge on any atom is 0.475 e. The van der Waals surface area contributed by atoms with Crippen LogP contribution in [0.1, 0.15) is 47.0 Å². The third kappa shape index (κ3) is 1.69. The van der Waals surface area contributed by atoms with Crippen molar-refractivity contribution in [3.63, 3.8) is 0 Å². The Bertz CT molecular complexity index is 341. The summed E-state index contributed by atoms with van der Waals surface area (Å²) in [6.45, 7) is 9.08. The van der Waals surface area contributed by atoms with Gasteiger partial charge in [0.2, 0.25) is 0 Å². The topological polar surface area (TPSA) is 44.5 Å². The summed E-state index contributed by atoms with van der Waals surface area (Å²) in [7, 11) is -0.190. The average Bonchev–Trinajstić information content (AvgIpc) is 2.64. The quantitative estimate of drug-likeness (QED) is 0.786. The van der Waals surface area contributed by atoms with E-state index in [-0.39, 0.29) is 37.2 Å². The molecule has 4 rings (SSSR count). The molecule has 5 heteroatoms. The van der Waals surface area contributed by atoms with Gasteiger partial charge in [-0.15, -0.1) is 12.4 Å². The van der Waals surface area contributed by atoms with Crippen LogP contribution in [0, 0.1) is 17.3 Å². The molecule has 3 nitrogen and oxygen atoms in total. The number of hydrogen-bond acceptors (Lipinski definition) is 3. The summed E-state index contributed by atoms with van der Waals surface area (Å²) < 4.78 is 12.3. The highest BCUT2D eigenvalue weighted by molar-refractivity contribution is 6.47. The van der Waals surface area contributed by atoms with Crippen molar-refractivity contribution in [1.82, 2.24) is 0 Å². The van der Waals surface area contributed by atoms with E-state index in [9.17, 15) is 0 Å². The largest absolute Gasteiger partial charge is 0.475 e. The summed E-state index contributed by atoms with van der Waals surface area (Å²) in [5.41, 5.74) is 6.38. The van der Waals surface area contributed by atoms with Crippen molar-refractivity contribution < 1.29 is 9.31 Å². The molecule has 5 unspecified atom stereocenters. The van der Waals surface area contributed by atoms with Gasteiger partial charge in [0.15, 0.2) is 0 Å². The fourth-order valence-corrected chi connectivity index (χ4v) is 4.27. The molecule has 18 heavy (non-hydrogen) atoms. The molecule has 0 aromatic carbocycles. The van der Waals surface area contributed by atoms with E-state index in [2.05, 4.69) is 27.7 Å². The van der Waals surface area contributed by atoms with Crippen molar-refractivity contribution in [3.05, 3.63) is 0 Å². The minimum absolute atomic E-state index is 0. The molecular formula is C13H25BClNO2. The fourth-order valence-electron chi connectivity index (χ4n) is 4.27. The van der Waals surface area contributed by atoms with E-state index in [1.807, 2.05) is 0 Å². The Labute approximate surface area is 117 Å². The molecule has 104 valence electrons. The maximum absolute atomic E-state index is 6.24. The van der Waals surface area contributed by atoms with E-state index in [0.717, 1.165) is 18.8 Å². The lowest BCUT2D eigenvalue weighted by molar-refractivity contribution is -0.199. The lowest BCUT2D eigenvalue weighted by Gasteiger charge is -2.64. The first kappa shape index (κ1) is 14.6. The number of rotatable bonds is 2. The van der Waals surface area contributed by atoms with Gasteiger partial charge in [-0.3, -0.25) is 0 Å². The Kier molecular flexibility index (Phi) is 3.56. The van der Waals surface area contributed by atoms with Crippen molar-refractivity contribution in [3.8, 4) is 0 Å². The molecule has 0 spiro atoms. The lowest BCUT2D eigenvalue weighted by Crippen LogP contribution is -2.65. The van der Waals surface area contributed by atoms with E-state index in [1.165, 1.54) is 6.42 Å². The highest BCUT2D eigenvalue weighted by Crippen LogP contribution is 2.65. The second kappa shape index (κ2) is 4.37. The Morgan fingerprint density at radius 3 is 2.56 bits per heavy atom. The van der Waals surface area contributed by atoms with Crippen molar-refractivity contribution in [1.29, 1.82) is 0 Å². The van der Waals surface area contributed by atoms with Gasteiger partial charge in [-0.25, -0.2) is 0 Å². The smallest absolute Gasteiger partial charge is 0.404 e. The van der Waals surface area contributed by atoms with E-state index in [1.54, 1.807) is 0 Å². The summed E-state index contributed by atoms with van der Waals surface area (Å²) in [5.74, 6) is 1.45. The minimum Gasteiger partial charge on any atom is -0.404 e. The first-order valence-corrected chi connectivity index (χ1v) is 6.98. The Balaban J connectivity index is 0.00000120. The highest BCUT2D eigenvalue weighted by atomic mass is 35.5. The second-order valence-electron chi connectivity index (χ2n) is 6.91. The van der Waals surface area contributed by atoms with Crippen molar-refractivity contribution in [2.45, 2.75) is 64.6 Å². The Morgan fingerprint density at radius 2 is 2.00 bits per heavy atom. The van der Waals surface area contributed by atoms with Crippen LogP contribution in [0.3, 0.4) is 0 Å². The van der Waals surface area contributed by atoms with Crippen LogP contribution >= 0.6 is 12.4 Å². The molecule has 4 aliphatic rings. The Hall–Kier alpha value is 0.235. The van der Waals surface area contributed by atoms with Crippen LogP contribution in [-0.4, -0.2) is 24.8 Å². The number of nitrogens with two attached hydrogens (primary N) is 1. The molecular weight excluding hydrogens is 248 g/mol. The van der Waals surface area contributed by atoms with Gasteiger partial charge in [0.05, 0.1) is 11.7 Å². The zero-order valence-corrected chi connectivity index (χ0v) is 12.6. The molecule has 1 saturated heterocycles.